The molecule has 3 fully saturated rings. The third-order valence-corrected chi connectivity index (χ3v) is 8.31. The summed E-state index contributed by atoms with van der Waals surface area (Å²) in [5.41, 5.74) is -3.59. The number of carbonyl (C=O) groups is 1. The predicted octanol–water partition coefficient (Wildman–Crippen LogP) is 2.34. The Hall–Kier alpha value is -0.910. The third-order valence-electron chi connectivity index (χ3n) is 8.31. The van der Waals surface area contributed by atoms with Crippen molar-refractivity contribution in [2.24, 2.45) is 28.1 Å². The minimum absolute atomic E-state index is 0.205. The molecule has 0 heterocycles. The van der Waals surface area contributed by atoms with E-state index in [2.05, 4.69) is 13.5 Å². The topological polar surface area (TPSA) is 98.0 Å². The Morgan fingerprint density at radius 3 is 2.32 bits per heavy atom. The van der Waals surface area contributed by atoms with Crippen molar-refractivity contribution in [1.82, 2.24) is 0 Å². The van der Waals surface area contributed by atoms with Crippen molar-refractivity contribution in [3.8, 4) is 0 Å². The molecular formula is C20H32O5. The molecule has 4 N–H and O–H groups in total. The van der Waals surface area contributed by atoms with Crippen LogP contribution in [-0.2, 0) is 4.79 Å². The van der Waals surface area contributed by atoms with Crippen LogP contribution in [0.1, 0.15) is 59.3 Å². The van der Waals surface area contributed by atoms with Gasteiger partial charge in [-0.05, 0) is 56.3 Å². The number of aliphatic hydroxyl groups is 3. The van der Waals surface area contributed by atoms with Crippen molar-refractivity contribution in [1.29, 1.82) is 0 Å². The largest absolute Gasteiger partial charge is 0.481 e. The smallest absolute Gasteiger partial charge is 0.309 e. The summed E-state index contributed by atoms with van der Waals surface area (Å²) < 4.78 is 0. The molecule has 3 rings (SSSR count). The van der Waals surface area contributed by atoms with Gasteiger partial charge in [0.15, 0.2) is 0 Å². The quantitative estimate of drug-likeness (QED) is 0.572. The van der Waals surface area contributed by atoms with Crippen molar-refractivity contribution < 1.29 is 25.2 Å². The van der Waals surface area contributed by atoms with Crippen LogP contribution in [0, 0.1) is 28.1 Å². The number of hydrogen-bond acceptors (Lipinski definition) is 4. The Kier molecular flexibility index (Phi) is 4.18. The Labute approximate surface area is 149 Å². The molecule has 3 aliphatic rings. The van der Waals surface area contributed by atoms with Crippen molar-refractivity contribution in [3.63, 3.8) is 0 Å². The lowest BCUT2D eigenvalue weighted by Gasteiger charge is -2.66. The van der Waals surface area contributed by atoms with Crippen LogP contribution in [0.25, 0.3) is 0 Å². The second-order valence-electron chi connectivity index (χ2n) is 9.48. The van der Waals surface area contributed by atoms with Gasteiger partial charge in [-0.2, -0.15) is 0 Å². The monoisotopic (exact) mass is 352 g/mol. The number of hydrogen-bond donors (Lipinski definition) is 4. The fourth-order valence-electron chi connectivity index (χ4n) is 6.56. The van der Waals surface area contributed by atoms with E-state index in [4.69, 9.17) is 0 Å². The average molecular weight is 352 g/mol. The second-order valence-corrected chi connectivity index (χ2v) is 9.48. The van der Waals surface area contributed by atoms with Crippen LogP contribution in [0.2, 0.25) is 0 Å². The Bertz CT molecular complexity index is 591. The van der Waals surface area contributed by atoms with Gasteiger partial charge in [-0.25, -0.2) is 0 Å². The van der Waals surface area contributed by atoms with E-state index in [9.17, 15) is 25.2 Å². The fraction of sp³-hybridized carbons (Fsp3) is 0.850. The first-order chi connectivity index (χ1) is 11.5. The first-order valence-corrected chi connectivity index (χ1v) is 9.42. The van der Waals surface area contributed by atoms with Crippen LogP contribution in [0.5, 0.6) is 0 Å². The highest BCUT2D eigenvalue weighted by molar-refractivity contribution is 5.75. The molecule has 25 heavy (non-hydrogen) atoms. The van der Waals surface area contributed by atoms with Gasteiger partial charge < -0.3 is 20.4 Å². The van der Waals surface area contributed by atoms with E-state index < -0.39 is 40.0 Å². The van der Waals surface area contributed by atoms with Gasteiger partial charge in [-0.3, -0.25) is 4.79 Å². The number of aliphatic carboxylic acids is 1. The van der Waals surface area contributed by atoms with Crippen LogP contribution in [0.3, 0.4) is 0 Å². The summed E-state index contributed by atoms with van der Waals surface area (Å²) in [7, 11) is 0. The summed E-state index contributed by atoms with van der Waals surface area (Å²) in [6, 6.07) is 0. The normalized spacial score (nSPS) is 55.8. The fourth-order valence-corrected chi connectivity index (χ4v) is 6.56. The summed E-state index contributed by atoms with van der Waals surface area (Å²) >= 11 is 0. The van der Waals surface area contributed by atoms with E-state index in [1.807, 2.05) is 6.92 Å². The first-order valence-electron chi connectivity index (χ1n) is 9.42. The van der Waals surface area contributed by atoms with Gasteiger partial charge in [0.2, 0.25) is 0 Å². The number of carboxylic acids is 1. The van der Waals surface area contributed by atoms with Gasteiger partial charge in [0.25, 0.3) is 0 Å². The molecule has 3 aliphatic carbocycles. The van der Waals surface area contributed by atoms with Gasteiger partial charge in [-0.15, -0.1) is 6.58 Å². The predicted molar refractivity (Wildman–Crippen MR) is 93.8 cm³/mol. The van der Waals surface area contributed by atoms with E-state index in [-0.39, 0.29) is 18.3 Å². The highest BCUT2D eigenvalue weighted by Gasteiger charge is 2.69. The Balaban J connectivity index is 2.09. The zero-order valence-corrected chi connectivity index (χ0v) is 15.5. The zero-order valence-electron chi connectivity index (χ0n) is 15.5. The molecule has 142 valence electrons. The van der Waals surface area contributed by atoms with Crippen molar-refractivity contribution in [3.05, 3.63) is 12.7 Å². The number of rotatable bonds is 2. The van der Waals surface area contributed by atoms with Crippen molar-refractivity contribution in [2.75, 3.05) is 0 Å². The summed E-state index contributed by atoms with van der Waals surface area (Å²) in [5.74, 6) is -1.36. The molecule has 0 aromatic carbocycles. The summed E-state index contributed by atoms with van der Waals surface area (Å²) in [6.45, 7) is 9.52. The average Bonchev–Trinajstić information content (AvgIpc) is 2.55. The number of carboxylic acid groups (broad SMARTS) is 1. The van der Waals surface area contributed by atoms with Crippen LogP contribution < -0.4 is 0 Å². The maximum absolute atomic E-state index is 12.0. The van der Waals surface area contributed by atoms with E-state index in [0.717, 1.165) is 12.8 Å². The molecule has 3 saturated carbocycles. The molecule has 0 radical (unpaired) electrons. The molecule has 0 aromatic heterocycles. The molecule has 0 aliphatic heterocycles. The zero-order chi connectivity index (χ0) is 18.8. The molecule has 8 unspecified atom stereocenters. The first kappa shape index (κ1) is 18.9. The van der Waals surface area contributed by atoms with Crippen molar-refractivity contribution >= 4 is 5.97 Å². The summed E-state index contributed by atoms with van der Waals surface area (Å²) in [4.78, 5) is 12.0. The maximum atomic E-state index is 12.0. The lowest BCUT2D eigenvalue weighted by molar-refractivity contribution is -0.291. The van der Waals surface area contributed by atoms with Gasteiger partial charge in [0.05, 0.1) is 17.6 Å². The summed E-state index contributed by atoms with van der Waals surface area (Å²) in [6.07, 6.45) is 3.15. The molecular weight excluding hydrogens is 320 g/mol. The third kappa shape index (κ3) is 2.22. The van der Waals surface area contributed by atoms with E-state index in [1.54, 1.807) is 13.0 Å². The highest BCUT2D eigenvalue weighted by atomic mass is 16.4. The van der Waals surface area contributed by atoms with Gasteiger partial charge in [0, 0.05) is 5.41 Å². The van der Waals surface area contributed by atoms with Crippen LogP contribution in [-0.4, -0.2) is 44.2 Å². The van der Waals surface area contributed by atoms with E-state index in [1.165, 1.54) is 0 Å². The standard InChI is InChI=1S/C20H32O5/c1-5-17(2)10-7-12-18(3)8-6-9-19(4,16(23)24)13(18)11-14(21)20(12,25)15(17)22/h5,12-15,21-22,25H,1,6-11H2,2-4H3,(H,23,24). The molecule has 0 aromatic rings. The van der Waals surface area contributed by atoms with Gasteiger partial charge in [-0.1, -0.05) is 26.3 Å². The molecule has 0 spiro atoms. The van der Waals surface area contributed by atoms with Crippen LogP contribution >= 0.6 is 0 Å². The molecule has 5 heteroatoms. The minimum Gasteiger partial charge on any atom is -0.481 e. The van der Waals surface area contributed by atoms with Crippen LogP contribution in [0.15, 0.2) is 12.7 Å². The van der Waals surface area contributed by atoms with Gasteiger partial charge >= 0.3 is 5.97 Å². The van der Waals surface area contributed by atoms with Gasteiger partial charge in [0.1, 0.15) is 5.60 Å². The maximum Gasteiger partial charge on any atom is 0.309 e. The van der Waals surface area contributed by atoms with Crippen molar-refractivity contribution in [2.45, 2.75) is 77.1 Å². The van der Waals surface area contributed by atoms with E-state index in [0.29, 0.717) is 19.3 Å². The molecule has 0 saturated heterocycles. The lowest BCUT2D eigenvalue weighted by atomic mass is 9.40. The SMILES string of the molecule is C=CC1(C)CCC2C3(C)CCCC(C)(C(=O)O)C3CC(O)C2(O)C1O. The molecule has 5 nitrogen and oxygen atoms in total. The summed E-state index contributed by atoms with van der Waals surface area (Å²) in [5, 5.41) is 43.3. The lowest BCUT2D eigenvalue weighted by Crippen LogP contribution is -2.73. The molecule has 0 bridgehead atoms. The number of aliphatic hydroxyl groups excluding tert-OH is 2. The Morgan fingerprint density at radius 1 is 1.12 bits per heavy atom. The second kappa shape index (κ2) is 5.54. The van der Waals surface area contributed by atoms with Crippen LogP contribution in [0.4, 0.5) is 0 Å². The molecule has 0 amide bonds. The Morgan fingerprint density at radius 2 is 1.76 bits per heavy atom. The molecule has 8 atom stereocenters. The van der Waals surface area contributed by atoms with E-state index >= 15 is 0 Å². The minimum atomic E-state index is -1.62. The number of fused-ring (bicyclic) bond motifs is 3. The highest BCUT2D eigenvalue weighted by Crippen LogP contribution is 2.66.